The highest BCUT2D eigenvalue weighted by molar-refractivity contribution is 5.82. The third-order valence-electron chi connectivity index (χ3n) is 2.63. The summed E-state index contributed by atoms with van der Waals surface area (Å²) in [5, 5.41) is 36.7. The molecule has 1 aromatic carbocycles. The van der Waals surface area contributed by atoms with Crippen LogP contribution >= 0.6 is 0 Å². The van der Waals surface area contributed by atoms with Crippen molar-refractivity contribution in [2.75, 3.05) is 6.61 Å². The van der Waals surface area contributed by atoms with Gasteiger partial charge in [0.05, 0.1) is 6.61 Å². The molecule has 1 aromatic rings. The fraction of sp³-hybridized carbons (Fsp3) is 0.118. The van der Waals surface area contributed by atoms with E-state index in [4.69, 9.17) is 20.5 Å². The third kappa shape index (κ3) is 4.27. The first-order valence-corrected chi connectivity index (χ1v) is 6.42. The van der Waals surface area contributed by atoms with Crippen LogP contribution in [-0.4, -0.2) is 11.7 Å². The van der Waals surface area contributed by atoms with E-state index in [1.54, 1.807) is 37.3 Å². The summed E-state index contributed by atoms with van der Waals surface area (Å²) in [6.07, 6.45) is 2.74. The Morgan fingerprint density at radius 1 is 1.09 bits per heavy atom. The zero-order chi connectivity index (χ0) is 16.4. The number of allylic oxidation sites excluding steroid dienone is 5. The van der Waals surface area contributed by atoms with Gasteiger partial charge in [-0.2, -0.15) is 15.8 Å². The van der Waals surface area contributed by atoms with E-state index in [1.807, 2.05) is 18.2 Å². The molecular formula is C17H13N3O2. The van der Waals surface area contributed by atoms with Gasteiger partial charge in [-0.1, -0.05) is 36.4 Å². The summed E-state index contributed by atoms with van der Waals surface area (Å²) in [4.78, 5) is 0. The standard InChI is InChI=1S/C17H13N3O2/c1-2-22-17(21)14(10-18)8-9-16(15(11-19)12-20)13-6-4-3-5-7-13/h3-9,21H,2H2,1H3. The van der Waals surface area contributed by atoms with Crippen LogP contribution in [0.15, 0.2) is 59.6 Å². The number of nitrogens with zero attached hydrogens (tertiary/aromatic N) is 3. The molecule has 0 amide bonds. The summed E-state index contributed by atoms with van der Waals surface area (Å²) in [5.41, 5.74) is 0.842. The fourth-order valence-corrected chi connectivity index (χ4v) is 1.62. The molecule has 0 aliphatic heterocycles. The van der Waals surface area contributed by atoms with Crippen molar-refractivity contribution in [3.63, 3.8) is 0 Å². The highest BCUT2D eigenvalue weighted by atomic mass is 16.6. The van der Waals surface area contributed by atoms with Crippen molar-refractivity contribution < 1.29 is 9.84 Å². The molecule has 0 aliphatic rings. The van der Waals surface area contributed by atoms with Crippen LogP contribution in [0.1, 0.15) is 12.5 Å². The number of hydrogen-bond donors (Lipinski definition) is 1. The van der Waals surface area contributed by atoms with Gasteiger partial charge in [0.15, 0.2) is 0 Å². The van der Waals surface area contributed by atoms with Crippen LogP contribution in [0.2, 0.25) is 0 Å². The second-order valence-corrected chi connectivity index (χ2v) is 3.98. The van der Waals surface area contributed by atoms with Gasteiger partial charge in [-0.25, -0.2) is 0 Å². The number of ether oxygens (including phenoxy) is 1. The van der Waals surface area contributed by atoms with Gasteiger partial charge >= 0.3 is 0 Å². The Bertz CT molecular complexity index is 723. The number of aliphatic hydroxyl groups is 1. The first kappa shape index (κ1) is 16.6. The molecule has 5 nitrogen and oxygen atoms in total. The summed E-state index contributed by atoms with van der Waals surface area (Å²) in [6, 6.07) is 14.3. The van der Waals surface area contributed by atoms with E-state index < -0.39 is 5.95 Å². The zero-order valence-corrected chi connectivity index (χ0v) is 11.9. The summed E-state index contributed by atoms with van der Waals surface area (Å²) in [7, 11) is 0. The Morgan fingerprint density at radius 3 is 2.23 bits per heavy atom. The van der Waals surface area contributed by atoms with Crippen molar-refractivity contribution in [2.45, 2.75) is 6.92 Å². The highest BCUT2D eigenvalue weighted by Gasteiger charge is 2.08. The van der Waals surface area contributed by atoms with E-state index in [0.717, 1.165) is 0 Å². The molecule has 0 saturated heterocycles. The number of nitriles is 3. The largest absolute Gasteiger partial charge is 0.480 e. The Labute approximate surface area is 128 Å². The van der Waals surface area contributed by atoms with E-state index in [-0.39, 0.29) is 17.8 Å². The van der Waals surface area contributed by atoms with Gasteiger partial charge in [-0.15, -0.1) is 0 Å². The third-order valence-corrected chi connectivity index (χ3v) is 2.63. The van der Waals surface area contributed by atoms with Crippen molar-refractivity contribution in [3.05, 3.63) is 65.1 Å². The summed E-state index contributed by atoms with van der Waals surface area (Å²) in [6.45, 7) is 1.89. The van der Waals surface area contributed by atoms with Crippen molar-refractivity contribution in [1.82, 2.24) is 0 Å². The fourth-order valence-electron chi connectivity index (χ4n) is 1.62. The van der Waals surface area contributed by atoms with E-state index >= 15 is 0 Å². The van der Waals surface area contributed by atoms with E-state index in [0.29, 0.717) is 11.1 Å². The van der Waals surface area contributed by atoms with E-state index in [9.17, 15) is 5.11 Å². The van der Waals surface area contributed by atoms with Crippen molar-refractivity contribution in [2.24, 2.45) is 0 Å². The first-order chi connectivity index (χ1) is 10.7. The normalized spacial score (nSPS) is 10.8. The SMILES string of the molecule is CCOC(O)=C(C#N)C=CC(=C(C#N)C#N)c1ccccc1. The first-order valence-electron chi connectivity index (χ1n) is 6.42. The molecular weight excluding hydrogens is 278 g/mol. The molecule has 1 rings (SSSR count). The Kier molecular flexibility index (Phi) is 6.50. The topological polar surface area (TPSA) is 101 Å². The second-order valence-electron chi connectivity index (χ2n) is 3.98. The van der Waals surface area contributed by atoms with Crippen molar-refractivity contribution in [3.8, 4) is 18.2 Å². The quantitative estimate of drug-likeness (QED) is 0.509. The van der Waals surface area contributed by atoms with Crippen LogP contribution < -0.4 is 0 Å². The van der Waals surface area contributed by atoms with Gasteiger partial charge in [0, 0.05) is 5.57 Å². The van der Waals surface area contributed by atoms with Gasteiger partial charge in [0.1, 0.15) is 29.4 Å². The van der Waals surface area contributed by atoms with Crippen molar-refractivity contribution >= 4 is 5.57 Å². The van der Waals surface area contributed by atoms with Gasteiger partial charge in [0.25, 0.3) is 5.95 Å². The molecule has 22 heavy (non-hydrogen) atoms. The lowest BCUT2D eigenvalue weighted by Gasteiger charge is -2.03. The lowest BCUT2D eigenvalue weighted by molar-refractivity contribution is 0.100. The number of hydrogen-bond acceptors (Lipinski definition) is 5. The number of aliphatic hydroxyl groups excluding tert-OH is 1. The molecule has 0 saturated carbocycles. The molecule has 5 heteroatoms. The van der Waals surface area contributed by atoms with Gasteiger partial charge in [0.2, 0.25) is 0 Å². The lowest BCUT2D eigenvalue weighted by Crippen LogP contribution is -1.94. The molecule has 0 atom stereocenters. The molecule has 0 spiro atoms. The van der Waals surface area contributed by atoms with Gasteiger partial charge < -0.3 is 9.84 Å². The lowest BCUT2D eigenvalue weighted by atomic mass is 10.00. The highest BCUT2D eigenvalue weighted by Crippen LogP contribution is 2.21. The molecule has 0 heterocycles. The van der Waals surface area contributed by atoms with Crippen molar-refractivity contribution in [1.29, 1.82) is 15.8 Å². The number of benzene rings is 1. The maximum absolute atomic E-state index is 9.58. The summed E-state index contributed by atoms with van der Waals surface area (Å²) in [5.74, 6) is -0.496. The van der Waals surface area contributed by atoms with Crippen LogP contribution in [0.3, 0.4) is 0 Å². The van der Waals surface area contributed by atoms with Crippen LogP contribution in [-0.2, 0) is 4.74 Å². The number of rotatable bonds is 5. The molecule has 0 unspecified atom stereocenters. The van der Waals surface area contributed by atoms with E-state index in [2.05, 4.69) is 0 Å². The van der Waals surface area contributed by atoms with Crippen LogP contribution in [0, 0.1) is 34.0 Å². The molecule has 0 aliphatic carbocycles. The molecule has 0 bridgehead atoms. The maximum atomic E-state index is 9.58. The predicted octanol–water partition coefficient (Wildman–Crippen LogP) is 3.37. The van der Waals surface area contributed by atoms with Gasteiger partial charge in [-0.3, -0.25) is 0 Å². The van der Waals surface area contributed by atoms with Crippen LogP contribution in [0.4, 0.5) is 0 Å². The second kappa shape index (κ2) is 8.64. The maximum Gasteiger partial charge on any atom is 0.295 e. The molecule has 1 N–H and O–H groups in total. The van der Waals surface area contributed by atoms with Crippen LogP contribution in [0.5, 0.6) is 0 Å². The zero-order valence-electron chi connectivity index (χ0n) is 11.9. The molecule has 108 valence electrons. The summed E-state index contributed by atoms with van der Waals surface area (Å²) < 4.78 is 4.86. The van der Waals surface area contributed by atoms with Crippen LogP contribution in [0.25, 0.3) is 5.57 Å². The molecule has 0 radical (unpaired) electrons. The minimum Gasteiger partial charge on any atom is -0.480 e. The Morgan fingerprint density at radius 2 is 1.73 bits per heavy atom. The monoisotopic (exact) mass is 291 g/mol. The predicted molar refractivity (Wildman–Crippen MR) is 80.6 cm³/mol. The summed E-state index contributed by atoms with van der Waals surface area (Å²) >= 11 is 0. The molecule has 0 fully saturated rings. The van der Waals surface area contributed by atoms with Gasteiger partial charge in [-0.05, 0) is 18.6 Å². The Hall–Kier alpha value is -3.49. The minimum atomic E-state index is -0.496. The smallest absolute Gasteiger partial charge is 0.295 e. The Balaban J connectivity index is 3.35. The average Bonchev–Trinajstić information content (AvgIpc) is 2.55. The average molecular weight is 291 g/mol. The molecule has 0 aromatic heterocycles. The minimum absolute atomic E-state index is 0.0874. The van der Waals surface area contributed by atoms with E-state index in [1.165, 1.54) is 12.2 Å².